The molecule has 0 unspecified atom stereocenters. The Balaban J connectivity index is 2.18. The van der Waals surface area contributed by atoms with Gasteiger partial charge in [-0.15, -0.1) is 0 Å². The number of anilines is 1. The second kappa shape index (κ2) is 5.45. The molecule has 0 saturated carbocycles. The zero-order chi connectivity index (χ0) is 12.3. The van der Waals surface area contributed by atoms with Gasteiger partial charge >= 0.3 is 0 Å². The highest BCUT2D eigenvalue weighted by Crippen LogP contribution is 2.25. The summed E-state index contributed by atoms with van der Waals surface area (Å²) in [5, 5.41) is 3.11. The van der Waals surface area contributed by atoms with E-state index >= 15 is 0 Å². The molecule has 0 amide bonds. The third-order valence-electron chi connectivity index (χ3n) is 3.45. The minimum atomic E-state index is 0.496. The number of hydrogen-bond donors (Lipinski definition) is 1. The lowest BCUT2D eigenvalue weighted by Crippen LogP contribution is -2.34. The van der Waals surface area contributed by atoms with Crippen molar-refractivity contribution < 1.29 is 0 Å². The molecule has 1 aliphatic rings. The van der Waals surface area contributed by atoms with Crippen LogP contribution in [0.2, 0.25) is 0 Å². The van der Waals surface area contributed by atoms with E-state index in [9.17, 15) is 0 Å². The van der Waals surface area contributed by atoms with Crippen molar-refractivity contribution in [3.8, 4) is 0 Å². The summed E-state index contributed by atoms with van der Waals surface area (Å²) >= 11 is 0. The lowest BCUT2D eigenvalue weighted by molar-refractivity contribution is 0.214. The number of aryl methyl sites for hydroxylation is 1. The molecular formula is C13H22N4. The smallest absolute Gasteiger partial charge is 0.135 e. The monoisotopic (exact) mass is 234 g/mol. The summed E-state index contributed by atoms with van der Waals surface area (Å²) in [6.45, 7) is 7.70. The Hall–Kier alpha value is -1.16. The van der Waals surface area contributed by atoms with Gasteiger partial charge in [0.05, 0.1) is 0 Å². The third-order valence-corrected chi connectivity index (χ3v) is 3.45. The second-order valence-electron chi connectivity index (χ2n) is 4.74. The van der Waals surface area contributed by atoms with Crippen LogP contribution in [0.5, 0.6) is 0 Å². The molecule has 1 aromatic heterocycles. The summed E-state index contributed by atoms with van der Waals surface area (Å²) < 4.78 is 0. The summed E-state index contributed by atoms with van der Waals surface area (Å²) in [6.07, 6.45) is 2.47. The van der Waals surface area contributed by atoms with Gasteiger partial charge in [0.15, 0.2) is 0 Å². The summed E-state index contributed by atoms with van der Waals surface area (Å²) in [6, 6.07) is 1.99. The first-order valence-corrected chi connectivity index (χ1v) is 6.48. The van der Waals surface area contributed by atoms with Gasteiger partial charge in [0.1, 0.15) is 11.6 Å². The van der Waals surface area contributed by atoms with Crippen molar-refractivity contribution in [2.45, 2.75) is 32.6 Å². The maximum atomic E-state index is 4.60. The van der Waals surface area contributed by atoms with Gasteiger partial charge in [-0.05, 0) is 32.9 Å². The third kappa shape index (κ3) is 2.94. The predicted molar refractivity (Wildman–Crippen MR) is 70.4 cm³/mol. The van der Waals surface area contributed by atoms with Gasteiger partial charge < -0.3 is 10.2 Å². The van der Waals surface area contributed by atoms with Gasteiger partial charge in [0.25, 0.3) is 0 Å². The number of rotatable bonds is 3. The predicted octanol–water partition coefficient (Wildman–Crippen LogP) is 2.03. The molecule has 1 N–H and O–H groups in total. The largest absolute Gasteiger partial charge is 0.373 e. The Morgan fingerprint density at radius 2 is 2.29 bits per heavy atom. The molecule has 0 bridgehead atoms. The lowest BCUT2D eigenvalue weighted by Gasteiger charge is -2.31. The van der Waals surface area contributed by atoms with E-state index in [-0.39, 0.29) is 0 Å². The summed E-state index contributed by atoms with van der Waals surface area (Å²) in [4.78, 5) is 11.7. The molecule has 2 rings (SSSR count). The number of nitrogens with one attached hydrogen (secondary N) is 1. The lowest BCUT2D eigenvalue weighted by atomic mass is 9.97. The van der Waals surface area contributed by atoms with Gasteiger partial charge in [-0.2, -0.15) is 0 Å². The molecular weight excluding hydrogens is 212 g/mol. The van der Waals surface area contributed by atoms with E-state index in [1.807, 2.05) is 20.0 Å². The molecule has 94 valence electrons. The van der Waals surface area contributed by atoms with Crippen LogP contribution >= 0.6 is 0 Å². The quantitative estimate of drug-likeness (QED) is 0.869. The van der Waals surface area contributed by atoms with Crippen molar-refractivity contribution in [3.05, 3.63) is 17.6 Å². The van der Waals surface area contributed by atoms with E-state index in [0.717, 1.165) is 30.4 Å². The first-order valence-electron chi connectivity index (χ1n) is 6.48. The van der Waals surface area contributed by atoms with Gasteiger partial charge in [0.2, 0.25) is 0 Å². The fourth-order valence-corrected chi connectivity index (χ4v) is 2.46. The highest BCUT2D eigenvalue weighted by atomic mass is 15.1. The molecule has 1 saturated heterocycles. The first kappa shape index (κ1) is 12.3. The van der Waals surface area contributed by atoms with Crippen molar-refractivity contribution in [2.75, 3.05) is 32.0 Å². The molecule has 4 nitrogen and oxygen atoms in total. The van der Waals surface area contributed by atoms with Crippen LogP contribution < -0.4 is 5.32 Å². The molecule has 1 atom stereocenters. The van der Waals surface area contributed by atoms with Gasteiger partial charge in [0, 0.05) is 31.3 Å². The molecule has 0 aliphatic carbocycles. The number of likely N-dealkylation sites (tertiary alicyclic amines) is 1. The van der Waals surface area contributed by atoms with Gasteiger partial charge in [-0.3, -0.25) is 0 Å². The van der Waals surface area contributed by atoms with Crippen molar-refractivity contribution in [2.24, 2.45) is 0 Å². The number of nitrogens with zero attached hydrogens (tertiary/aromatic N) is 3. The van der Waals surface area contributed by atoms with Crippen LogP contribution in [0.3, 0.4) is 0 Å². The molecule has 0 radical (unpaired) electrons. The first-order chi connectivity index (χ1) is 8.22. The summed E-state index contributed by atoms with van der Waals surface area (Å²) in [5.41, 5.74) is 1.05. The Morgan fingerprint density at radius 1 is 1.47 bits per heavy atom. The highest BCUT2D eigenvalue weighted by molar-refractivity contribution is 5.35. The molecule has 4 heteroatoms. The molecule has 1 aromatic rings. The summed E-state index contributed by atoms with van der Waals surface area (Å²) in [7, 11) is 1.91. The van der Waals surface area contributed by atoms with Crippen molar-refractivity contribution in [1.82, 2.24) is 14.9 Å². The number of aromatic nitrogens is 2. The van der Waals surface area contributed by atoms with Crippen LogP contribution in [0.4, 0.5) is 5.82 Å². The fourth-order valence-electron chi connectivity index (χ4n) is 2.46. The van der Waals surface area contributed by atoms with Crippen LogP contribution in [-0.4, -0.2) is 41.5 Å². The van der Waals surface area contributed by atoms with E-state index in [0.29, 0.717) is 5.92 Å². The molecule has 2 heterocycles. The Bertz CT molecular complexity index is 378. The van der Waals surface area contributed by atoms with Gasteiger partial charge in [-0.25, -0.2) is 9.97 Å². The van der Waals surface area contributed by atoms with E-state index in [1.54, 1.807) is 0 Å². The van der Waals surface area contributed by atoms with Crippen LogP contribution in [-0.2, 0) is 0 Å². The molecule has 1 fully saturated rings. The van der Waals surface area contributed by atoms with E-state index in [1.165, 1.54) is 19.4 Å². The van der Waals surface area contributed by atoms with Gasteiger partial charge in [-0.1, -0.05) is 6.92 Å². The SMILES string of the molecule is CCN1CCC[C@H](c2nc(C)cc(NC)n2)C1. The standard InChI is InChI=1S/C13H22N4/c1-4-17-7-5-6-11(9-17)13-15-10(2)8-12(14-3)16-13/h8,11H,4-7,9H2,1-3H3,(H,14,15,16)/t11-/m0/s1. The van der Waals surface area contributed by atoms with E-state index in [2.05, 4.69) is 27.1 Å². The van der Waals surface area contributed by atoms with Crippen LogP contribution in [0.15, 0.2) is 6.07 Å². The minimum absolute atomic E-state index is 0.496. The zero-order valence-corrected chi connectivity index (χ0v) is 11.0. The van der Waals surface area contributed by atoms with E-state index < -0.39 is 0 Å². The van der Waals surface area contributed by atoms with Crippen molar-refractivity contribution >= 4 is 5.82 Å². The van der Waals surface area contributed by atoms with Crippen molar-refractivity contribution in [3.63, 3.8) is 0 Å². The maximum absolute atomic E-state index is 4.60. The van der Waals surface area contributed by atoms with E-state index in [4.69, 9.17) is 0 Å². The topological polar surface area (TPSA) is 41.1 Å². The van der Waals surface area contributed by atoms with Crippen LogP contribution in [0, 0.1) is 6.92 Å². The molecule has 0 spiro atoms. The van der Waals surface area contributed by atoms with Crippen LogP contribution in [0.25, 0.3) is 0 Å². The Labute approximate surface area is 103 Å². The number of hydrogen-bond acceptors (Lipinski definition) is 4. The zero-order valence-electron chi connectivity index (χ0n) is 11.0. The summed E-state index contributed by atoms with van der Waals surface area (Å²) in [5.74, 6) is 2.43. The minimum Gasteiger partial charge on any atom is -0.373 e. The molecule has 0 aromatic carbocycles. The second-order valence-corrected chi connectivity index (χ2v) is 4.74. The molecule has 1 aliphatic heterocycles. The Kier molecular flexibility index (Phi) is 3.94. The molecule has 17 heavy (non-hydrogen) atoms. The number of piperidine rings is 1. The van der Waals surface area contributed by atoms with Crippen molar-refractivity contribution in [1.29, 1.82) is 0 Å². The number of likely N-dealkylation sites (N-methyl/N-ethyl adjacent to an activating group) is 1. The average molecular weight is 234 g/mol. The fraction of sp³-hybridized carbons (Fsp3) is 0.692. The Morgan fingerprint density at radius 3 is 3.00 bits per heavy atom. The maximum Gasteiger partial charge on any atom is 0.135 e. The average Bonchev–Trinajstić information content (AvgIpc) is 2.38. The van der Waals surface area contributed by atoms with Crippen LogP contribution in [0.1, 0.15) is 37.2 Å². The normalized spacial score (nSPS) is 21.5. The highest BCUT2D eigenvalue weighted by Gasteiger charge is 2.22.